The highest BCUT2D eigenvalue weighted by atomic mass is 16.7. The number of amides is 5. The lowest BCUT2D eigenvalue weighted by molar-refractivity contribution is -0.200. The highest BCUT2D eigenvalue weighted by Gasteiger charge is 2.32. The highest BCUT2D eigenvalue weighted by molar-refractivity contribution is 6.01. The molecule has 58 heavy (non-hydrogen) atoms. The molecule has 1 rings (SSSR count). The van der Waals surface area contributed by atoms with Gasteiger partial charge in [-0.15, -0.1) is 5.06 Å². The van der Waals surface area contributed by atoms with E-state index in [9.17, 15) is 43.5 Å². The first kappa shape index (κ1) is 51.8. The number of nitrogens with one attached hydrogen (secondary N) is 3. The van der Waals surface area contributed by atoms with Crippen LogP contribution in [-0.2, 0) is 62.1 Å². The van der Waals surface area contributed by atoms with Crippen LogP contribution < -0.4 is 16.0 Å². The number of aliphatic carboxylic acids is 2. The number of imide groups is 1. The molecular weight excluding hydrogens is 764 g/mol. The van der Waals surface area contributed by atoms with Crippen molar-refractivity contribution in [2.45, 2.75) is 134 Å². The minimum atomic E-state index is -1.19. The summed E-state index contributed by atoms with van der Waals surface area (Å²) >= 11 is 0. The summed E-state index contributed by atoms with van der Waals surface area (Å²) < 4.78 is 21.0. The molecule has 0 unspecified atom stereocenters. The number of carbonyl (C=O) groups is 8. The largest absolute Gasteiger partial charge is 0.481 e. The van der Waals surface area contributed by atoms with Crippen LogP contribution in [0.4, 0.5) is 0 Å². The van der Waals surface area contributed by atoms with Crippen molar-refractivity contribution in [1.82, 2.24) is 21.0 Å². The van der Waals surface area contributed by atoms with E-state index < -0.39 is 42.4 Å². The average Bonchev–Trinajstić information content (AvgIpc) is 3.50. The maximum atomic E-state index is 12.3. The number of unbranched alkanes of at least 4 members (excludes halogenated alkanes) is 13. The van der Waals surface area contributed by atoms with Gasteiger partial charge in [-0.25, -0.2) is 9.59 Å². The summed E-state index contributed by atoms with van der Waals surface area (Å²) in [5, 5.41) is 26.3. The number of hydrogen-bond acceptors (Lipinski definition) is 13. The molecule has 1 atom stereocenters. The number of rotatable bonds is 39. The summed E-state index contributed by atoms with van der Waals surface area (Å²) in [7, 11) is 0. The lowest BCUT2D eigenvalue weighted by atomic mass is 10.0. The van der Waals surface area contributed by atoms with E-state index in [4.69, 9.17) is 24.1 Å². The van der Waals surface area contributed by atoms with E-state index in [0.717, 1.165) is 44.9 Å². The van der Waals surface area contributed by atoms with Gasteiger partial charge < -0.3 is 49.9 Å². The molecule has 0 radical (unpaired) electrons. The van der Waals surface area contributed by atoms with Gasteiger partial charge in [0.1, 0.15) is 19.3 Å². The molecule has 1 aliphatic heterocycles. The van der Waals surface area contributed by atoms with E-state index >= 15 is 0 Å². The Balaban J connectivity index is 1.91. The number of hydroxylamine groups is 2. The van der Waals surface area contributed by atoms with Crippen LogP contribution in [0.1, 0.15) is 128 Å². The molecule has 0 aromatic rings. The second-order valence-electron chi connectivity index (χ2n) is 13.9. The summed E-state index contributed by atoms with van der Waals surface area (Å²) in [4.78, 5) is 97.6. The van der Waals surface area contributed by atoms with E-state index in [1.165, 1.54) is 38.5 Å². The maximum absolute atomic E-state index is 12.3. The third-order valence-electron chi connectivity index (χ3n) is 8.87. The molecule has 0 bridgehead atoms. The van der Waals surface area contributed by atoms with Gasteiger partial charge in [-0.3, -0.25) is 28.8 Å². The summed E-state index contributed by atoms with van der Waals surface area (Å²) in [6.45, 7) is 0.616. The van der Waals surface area contributed by atoms with Gasteiger partial charge in [0.25, 0.3) is 11.8 Å². The second-order valence-corrected chi connectivity index (χ2v) is 13.9. The Bertz CT molecular complexity index is 1220. The number of nitrogens with zero attached hydrogens (tertiary/aromatic N) is 1. The van der Waals surface area contributed by atoms with Gasteiger partial charge >= 0.3 is 17.9 Å². The molecule has 1 aliphatic rings. The predicted molar refractivity (Wildman–Crippen MR) is 207 cm³/mol. The van der Waals surface area contributed by atoms with Gasteiger partial charge in [-0.05, 0) is 19.3 Å². The smallest absolute Gasteiger partial charge is 0.358 e. The lowest BCUT2D eigenvalue weighted by Gasteiger charge is -2.14. The Hall–Kier alpha value is -4.20. The van der Waals surface area contributed by atoms with Crippen molar-refractivity contribution >= 4 is 47.4 Å². The molecule has 0 saturated carbocycles. The van der Waals surface area contributed by atoms with E-state index in [1.54, 1.807) is 0 Å². The van der Waals surface area contributed by atoms with Gasteiger partial charge in [-0.2, -0.15) is 0 Å². The van der Waals surface area contributed by atoms with Crippen LogP contribution in [0.3, 0.4) is 0 Å². The monoisotopic (exact) mass is 830 g/mol. The number of ether oxygens (including phenoxy) is 4. The Morgan fingerprint density at radius 2 is 0.983 bits per heavy atom. The van der Waals surface area contributed by atoms with Crippen molar-refractivity contribution < 1.29 is 72.4 Å². The molecule has 332 valence electrons. The molecular formula is C39H66N4O15. The van der Waals surface area contributed by atoms with Crippen molar-refractivity contribution in [3.63, 3.8) is 0 Å². The topological polar surface area (TPSA) is 262 Å². The van der Waals surface area contributed by atoms with Gasteiger partial charge in [0.2, 0.25) is 17.7 Å². The quantitative estimate of drug-likeness (QED) is 0.0441. The lowest BCUT2D eigenvalue weighted by Crippen LogP contribution is -2.41. The van der Waals surface area contributed by atoms with Crippen molar-refractivity contribution in [2.75, 3.05) is 65.9 Å². The molecule has 1 fully saturated rings. The first-order chi connectivity index (χ1) is 28.0. The molecule has 1 saturated heterocycles. The molecule has 19 nitrogen and oxygen atoms in total. The summed E-state index contributed by atoms with van der Waals surface area (Å²) in [6, 6.07) is -1.15. The minimum Gasteiger partial charge on any atom is -0.481 e. The fourth-order valence-electron chi connectivity index (χ4n) is 5.69. The van der Waals surface area contributed by atoms with E-state index in [2.05, 4.69) is 20.8 Å². The summed E-state index contributed by atoms with van der Waals surface area (Å²) in [5.74, 6) is -5.02. The Morgan fingerprint density at radius 1 is 0.534 bits per heavy atom. The maximum Gasteiger partial charge on any atom is 0.358 e. The third-order valence-corrected chi connectivity index (χ3v) is 8.87. The minimum absolute atomic E-state index is 0.00197. The van der Waals surface area contributed by atoms with Crippen molar-refractivity contribution in [2.24, 2.45) is 0 Å². The zero-order chi connectivity index (χ0) is 42.6. The van der Waals surface area contributed by atoms with Crippen LogP contribution in [0.5, 0.6) is 0 Å². The SMILES string of the molecule is O=C(O)CCCCCCCCCCCCCCCCC(=O)N[C@H](CCC(=O)NCCOCCOCC(=O)NCCOCCOCC(=O)ON1C(=O)CCC1=O)C(=O)O. The van der Waals surface area contributed by atoms with Crippen LogP contribution in [0.25, 0.3) is 0 Å². The fraction of sp³-hybridized carbons (Fsp3) is 0.795. The Kier molecular flexibility index (Phi) is 31.1. The van der Waals surface area contributed by atoms with Crippen molar-refractivity contribution in [3.05, 3.63) is 0 Å². The van der Waals surface area contributed by atoms with Crippen LogP contribution in [0.15, 0.2) is 0 Å². The van der Waals surface area contributed by atoms with E-state index in [0.29, 0.717) is 11.5 Å². The molecule has 19 heteroatoms. The standard InChI is InChI=1S/C39H66N4O15/c44-32(18-17-31(39(52)53)42-33(45)15-13-11-9-7-5-3-1-2-4-6-8-10-12-14-16-37(49)50)40-21-23-54-25-27-56-29-34(46)41-22-24-55-26-28-57-30-38(51)58-43-35(47)19-20-36(43)48/h31H,1-30H2,(H,40,44)(H,41,46)(H,42,45)(H,49,50)(H,52,53)/t31-/m1/s1. The van der Waals surface area contributed by atoms with Crippen LogP contribution in [0, 0.1) is 0 Å². The molecule has 5 amide bonds. The fourth-order valence-corrected chi connectivity index (χ4v) is 5.69. The Labute approximate surface area is 340 Å². The van der Waals surface area contributed by atoms with Crippen molar-refractivity contribution in [1.29, 1.82) is 0 Å². The van der Waals surface area contributed by atoms with E-state index in [1.807, 2.05) is 0 Å². The summed E-state index contributed by atoms with van der Waals surface area (Å²) in [5.41, 5.74) is 0. The van der Waals surface area contributed by atoms with Crippen LogP contribution in [0.2, 0.25) is 0 Å². The second kappa shape index (κ2) is 34.8. The van der Waals surface area contributed by atoms with E-state index in [-0.39, 0.29) is 116 Å². The van der Waals surface area contributed by atoms with Crippen LogP contribution in [-0.4, -0.2) is 135 Å². The van der Waals surface area contributed by atoms with Crippen LogP contribution >= 0.6 is 0 Å². The number of carboxylic acid groups (broad SMARTS) is 2. The first-order valence-corrected chi connectivity index (χ1v) is 20.6. The van der Waals surface area contributed by atoms with Gasteiger partial charge in [0, 0.05) is 45.2 Å². The first-order valence-electron chi connectivity index (χ1n) is 20.6. The number of carboxylic acids is 2. The van der Waals surface area contributed by atoms with Gasteiger partial charge in [0.05, 0.1) is 39.6 Å². The predicted octanol–water partition coefficient (Wildman–Crippen LogP) is 2.57. The molecule has 1 heterocycles. The summed E-state index contributed by atoms with van der Waals surface area (Å²) in [6.07, 6.45) is 15.4. The molecule has 0 aliphatic carbocycles. The zero-order valence-electron chi connectivity index (χ0n) is 33.9. The van der Waals surface area contributed by atoms with Crippen molar-refractivity contribution in [3.8, 4) is 0 Å². The van der Waals surface area contributed by atoms with Gasteiger partial charge in [0.15, 0.2) is 0 Å². The molecule has 0 spiro atoms. The Morgan fingerprint density at radius 3 is 1.48 bits per heavy atom. The molecule has 0 aromatic heterocycles. The number of carbonyl (C=O) groups excluding carboxylic acids is 6. The normalized spacial score (nSPS) is 13.0. The molecule has 5 N–H and O–H groups in total. The highest BCUT2D eigenvalue weighted by Crippen LogP contribution is 2.14. The molecule has 0 aromatic carbocycles. The average molecular weight is 831 g/mol. The van der Waals surface area contributed by atoms with Gasteiger partial charge in [-0.1, -0.05) is 77.0 Å². The third kappa shape index (κ3) is 30.0. The zero-order valence-corrected chi connectivity index (χ0v) is 33.9. The number of hydrogen-bond donors (Lipinski definition) is 5.